The zero-order chi connectivity index (χ0) is 20.6. The average Bonchev–Trinajstić information content (AvgIpc) is 3.25. The lowest BCUT2D eigenvalue weighted by Gasteiger charge is -2.37. The fourth-order valence-electron chi connectivity index (χ4n) is 4.35. The maximum atomic E-state index is 13.1. The summed E-state index contributed by atoms with van der Waals surface area (Å²) in [6.45, 7) is 2.28. The summed E-state index contributed by atoms with van der Waals surface area (Å²) in [6, 6.07) is 5.02. The second-order valence-electron chi connectivity index (χ2n) is 7.59. The van der Waals surface area contributed by atoms with Crippen LogP contribution >= 0.6 is 0 Å². The highest BCUT2D eigenvalue weighted by Gasteiger charge is 2.51. The normalized spacial score (nSPS) is 21.5. The number of hydrogen-bond acceptors (Lipinski definition) is 5. The zero-order valence-electron chi connectivity index (χ0n) is 15.9. The summed E-state index contributed by atoms with van der Waals surface area (Å²) >= 11 is 0. The fraction of sp³-hybridized carbons (Fsp3) is 0.526. The minimum absolute atomic E-state index is 0.0238. The largest absolute Gasteiger partial charge is 0.573 e. The van der Waals surface area contributed by atoms with Gasteiger partial charge in [0.1, 0.15) is 17.9 Å². The number of carbonyl (C=O) groups excluding carboxylic acids is 1. The number of nitrogens with zero attached hydrogens (tertiary/aromatic N) is 4. The van der Waals surface area contributed by atoms with E-state index in [0.29, 0.717) is 31.9 Å². The van der Waals surface area contributed by atoms with E-state index in [-0.39, 0.29) is 23.0 Å². The minimum atomic E-state index is -4.76. The fourth-order valence-corrected chi connectivity index (χ4v) is 4.35. The van der Waals surface area contributed by atoms with E-state index in [1.807, 2.05) is 11.6 Å². The van der Waals surface area contributed by atoms with Gasteiger partial charge in [0, 0.05) is 50.2 Å². The van der Waals surface area contributed by atoms with Crippen LogP contribution < -0.4 is 4.74 Å². The number of alkyl halides is 3. The first-order valence-corrected chi connectivity index (χ1v) is 9.34. The first kappa shape index (κ1) is 19.7. The molecule has 0 aliphatic carbocycles. The molecule has 2 aliphatic heterocycles. The molecule has 0 radical (unpaired) electrons. The number of benzene rings is 1. The van der Waals surface area contributed by atoms with Gasteiger partial charge in [0.25, 0.3) is 5.91 Å². The van der Waals surface area contributed by atoms with Gasteiger partial charge in [-0.05, 0) is 37.1 Å². The summed E-state index contributed by atoms with van der Waals surface area (Å²) in [5, 5.41) is 8.25. The summed E-state index contributed by atoms with van der Waals surface area (Å²) in [4.78, 5) is 14.8. The predicted molar refractivity (Wildman–Crippen MR) is 95.3 cm³/mol. The minimum Gasteiger partial charge on any atom is -0.406 e. The van der Waals surface area contributed by atoms with Gasteiger partial charge >= 0.3 is 6.36 Å². The third kappa shape index (κ3) is 3.93. The van der Waals surface area contributed by atoms with E-state index in [1.54, 1.807) is 11.2 Å². The van der Waals surface area contributed by atoms with Crippen LogP contribution in [0.5, 0.6) is 5.75 Å². The van der Waals surface area contributed by atoms with Gasteiger partial charge in [0.2, 0.25) is 0 Å². The maximum Gasteiger partial charge on any atom is 0.573 e. The summed E-state index contributed by atoms with van der Waals surface area (Å²) in [7, 11) is 1.88. The van der Waals surface area contributed by atoms with Crippen molar-refractivity contribution in [2.45, 2.75) is 25.1 Å². The topological polar surface area (TPSA) is 69.5 Å². The van der Waals surface area contributed by atoms with Crippen molar-refractivity contribution in [3.8, 4) is 5.75 Å². The van der Waals surface area contributed by atoms with Gasteiger partial charge in [-0.15, -0.1) is 23.4 Å². The van der Waals surface area contributed by atoms with Gasteiger partial charge in [-0.1, -0.05) is 0 Å². The van der Waals surface area contributed by atoms with Crippen LogP contribution in [0.25, 0.3) is 0 Å². The van der Waals surface area contributed by atoms with Crippen molar-refractivity contribution in [1.29, 1.82) is 0 Å². The molecule has 2 saturated heterocycles. The molecule has 1 aromatic carbocycles. The summed E-state index contributed by atoms with van der Waals surface area (Å²) in [5.74, 6) is 0.277. The number of amides is 1. The average molecular weight is 410 g/mol. The van der Waals surface area contributed by atoms with Gasteiger partial charge in [0.15, 0.2) is 0 Å². The Morgan fingerprint density at radius 3 is 2.52 bits per heavy atom. The van der Waals surface area contributed by atoms with Crippen molar-refractivity contribution in [2.24, 2.45) is 12.5 Å². The molecular weight excluding hydrogens is 389 g/mol. The van der Waals surface area contributed by atoms with E-state index in [0.717, 1.165) is 30.8 Å². The molecule has 4 rings (SSSR count). The lowest BCUT2D eigenvalue weighted by molar-refractivity contribution is -0.274. The molecule has 0 saturated carbocycles. The second kappa shape index (κ2) is 7.33. The van der Waals surface area contributed by atoms with Crippen molar-refractivity contribution >= 4 is 5.91 Å². The third-order valence-electron chi connectivity index (χ3n) is 5.82. The molecule has 0 N–H and O–H groups in total. The lowest BCUT2D eigenvalue weighted by atomic mass is 9.72. The van der Waals surface area contributed by atoms with Crippen LogP contribution in [-0.2, 0) is 11.8 Å². The van der Waals surface area contributed by atoms with Crippen LogP contribution in [0, 0.1) is 5.41 Å². The Morgan fingerprint density at radius 2 is 1.93 bits per heavy atom. The van der Waals surface area contributed by atoms with E-state index in [9.17, 15) is 18.0 Å². The number of likely N-dealkylation sites (tertiary alicyclic amines) is 1. The number of aromatic nitrogens is 3. The number of halogens is 3. The summed E-state index contributed by atoms with van der Waals surface area (Å²) in [6.07, 6.45) is -1.50. The molecule has 1 spiro atoms. The first-order valence-electron chi connectivity index (χ1n) is 9.34. The molecule has 2 aromatic rings. The molecule has 7 nitrogen and oxygen atoms in total. The van der Waals surface area contributed by atoms with Crippen LogP contribution in [0.15, 0.2) is 30.6 Å². The zero-order valence-corrected chi connectivity index (χ0v) is 15.9. The Hall–Kier alpha value is -2.62. The van der Waals surface area contributed by atoms with Gasteiger partial charge in [0.05, 0.1) is 0 Å². The summed E-state index contributed by atoms with van der Waals surface area (Å²) in [5.41, 5.74) is 0.175. The highest BCUT2D eigenvalue weighted by molar-refractivity contribution is 5.94. The van der Waals surface area contributed by atoms with Crippen molar-refractivity contribution in [2.75, 3.05) is 26.3 Å². The second-order valence-corrected chi connectivity index (χ2v) is 7.59. The molecule has 3 heterocycles. The predicted octanol–water partition coefficient (Wildman–Crippen LogP) is 2.75. The van der Waals surface area contributed by atoms with Crippen molar-refractivity contribution in [3.63, 3.8) is 0 Å². The van der Waals surface area contributed by atoms with Crippen molar-refractivity contribution < 1.29 is 27.4 Å². The molecule has 1 aromatic heterocycles. The summed E-state index contributed by atoms with van der Waals surface area (Å²) < 4.78 is 48.3. The molecule has 10 heteroatoms. The van der Waals surface area contributed by atoms with Crippen LogP contribution in [0.2, 0.25) is 0 Å². The number of aryl methyl sites for hydroxylation is 1. The molecule has 2 fully saturated rings. The molecule has 2 aliphatic rings. The third-order valence-corrected chi connectivity index (χ3v) is 5.82. The number of ether oxygens (including phenoxy) is 2. The Labute approximate surface area is 165 Å². The number of rotatable bonds is 3. The molecule has 29 heavy (non-hydrogen) atoms. The Morgan fingerprint density at radius 1 is 1.24 bits per heavy atom. The van der Waals surface area contributed by atoms with Crippen LogP contribution in [-0.4, -0.2) is 58.2 Å². The maximum absolute atomic E-state index is 13.1. The Bertz CT molecular complexity index is 876. The highest BCUT2D eigenvalue weighted by Crippen LogP contribution is 2.49. The van der Waals surface area contributed by atoms with Gasteiger partial charge in [-0.3, -0.25) is 4.79 Å². The molecule has 1 atom stereocenters. The monoisotopic (exact) mass is 410 g/mol. The molecular formula is C19H21F3N4O3. The lowest BCUT2D eigenvalue weighted by Crippen LogP contribution is -2.37. The smallest absolute Gasteiger partial charge is 0.406 e. The van der Waals surface area contributed by atoms with Gasteiger partial charge < -0.3 is 18.9 Å². The number of hydrogen-bond donors (Lipinski definition) is 0. The first-order chi connectivity index (χ1) is 13.8. The molecule has 0 bridgehead atoms. The quantitative estimate of drug-likeness (QED) is 0.778. The van der Waals surface area contributed by atoms with Crippen LogP contribution in [0.3, 0.4) is 0 Å². The standard InChI is InChI=1S/C19H21F3N4O3/c1-25-12-23-24-16(25)15-10-26(11-18(15)6-8-28-9-7-18)17(27)13-2-4-14(5-3-13)29-19(20,21)22/h2-5,12,15H,6-11H2,1H3. The van der Waals surface area contributed by atoms with Crippen LogP contribution in [0.1, 0.15) is 34.9 Å². The molecule has 1 unspecified atom stereocenters. The number of carbonyl (C=O) groups is 1. The Balaban J connectivity index is 1.56. The van der Waals surface area contributed by atoms with Gasteiger partial charge in [-0.25, -0.2) is 0 Å². The van der Waals surface area contributed by atoms with Crippen LogP contribution in [0.4, 0.5) is 13.2 Å². The van der Waals surface area contributed by atoms with E-state index in [2.05, 4.69) is 14.9 Å². The van der Waals surface area contributed by atoms with Crippen molar-refractivity contribution in [1.82, 2.24) is 19.7 Å². The van der Waals surface area contributed by atoms with E-state index >= 15 is 0 Å². The Kier molecular flexibility index (Phi) is 4.97. The van der Waals surface area contributed by atoms with Crippen molar-refractivity contribution in [3.05, 3.63) is 42.0 Å². The van der Waals surface area contributed by atoms with Gasteiger partial charge in [-0.2, -0.15) is 0 Å². The van der Waals surface area contributed by atoms with E-state index in [4.69, 9.17) is 4.74 Å². The molecule has 156 valence electrons. The molecule has 1 amide bonds. The van der Waals surface area contributed by atoms with E-state index in [1.165, 1.54) is 12.1 Å². The SMILES string of the molecule is Cn1cnnc1C1CN(C(=O)c2ccc(OC(F)(F)F)cc2)CC12CCOCC2. The highest BCUT2D eigenvalue weighted by atomic mass is 19.4. The van der Waals surface area contributed by atoms with E-state index < -0.39 is 6.36 Å².